The van der Waals surface area contributed by atoms with Gasteiger partial charge in [0, 0.05) is 31.9 Å². The molecule has 1 unspecified atom stereocenters. The largest absolute Gasteiger partial charge is 0.469 e. The number of carbonyl (C=O) groups is 3. The maximum Gasteiger partial charge on any atom is 0.312 e. The van der Waals surface area contributed by atoms with Crippen molar-refractivity contribution in [2.24, 2.45) is 0 Å². The number of quaternary nitrogens is 1. The SMILES string of the molecule is COC(=O)C[C@H]1C(=O)NCC[NH+]1CC(=O)N1CCN(c2ccccc2)CC1. The third-order valence-corrected chi connectivity index (χ3v) is 5.29. The van der Waals surface area contributed by atoms with Crippen LogP contribution in [0.1, 0.15) is 6.42 Å². The number of esters is 1. The molecule has 0 saturated carbocycles. The Morgan fingerprint density at radius 2 is 1.89 bits per heavy atom. The van der Waals surface area contributed by atoms with Crippen molar-refractivity contribution >= 4 is 23.5 Å². The molecule has 2 amide bonds. The van der Waals surface area contributed by atoms with Crippen LogP contribution in [0.15, 0.2) is 30.3 Å². The first-order valence-electron chi connectivity index (χ1n) is 9.35. The molecule has 27 heavy (non-hydrogen) atoms. The fourth-order valence-electron chi connectivity index (χ4n) is 3.69. The van der Waals surface area contributed by atoms with Crippen LogP contribution < -0.4 is 15.1 Å². The first-order valence-corrected chi connectivity index (χ1v) is 9.35. The number of nitrogens with one attached hydrogen (secondary N) is 2. The van der Waals surface area contributed by atoms with E-state index in [0.717, 1.165) is 18.0 Å². The molecule has 0 bridgehead atoms. The third-order valence-electron chi connectivity index (χ3n) is 5.29. The molecule has 8 nitrogen and oxygen atoms in total. The normalized spacial score (nSPS) is 22.9. The molecule has 2 aliphatic heterocycles. The Balaban J connectivity index is 1.55. The number of anilines is 1. The Labute approximate surface area is 159 Å². The fourth-order valence-corrected chi connectivity index (χ4v) is 3.69. The van der Waals surface area contributed by atoms with E-state index in [1.54, 1.807) is 0 Å². The van der Waals surface area contributed by atoms with Gasteiger partial charge in [-0.3, -0.25) is 14.4 Å². The van der Waals surface area contributed by atoms with Crippen LogP contribution in [0, 0.1) is 0 Å². The van der Waals surface area contributed by atoms with E-state index >= 15 is 0 Å². The van der Waals surface area contributed by atoms with Crippen molar-refractivity contribution in [3.05, 3.63) is 30.3 Å². The van der Waals surface area contributed by atoms with Crippen molar-refractivity contribution < 1.29 is 24.0 Å². The number of para-hydroxylation sites is 1. The summed E-state index contributed by atoms with van der Waals surface area (Å²) in [7, 11) is 1.31. The highest BCUT2D eigenvalue weighted by molar-refractivity contribution is 5.86. The quantitative estimate of drug-likeness (QED) is 0.599. The number of piperazine rings is 2. The van der Waals surface area contributed by atoms with Crippen LogP contribution in [0.25, 0.3) is 0 Å². The minimum atomic E-state index is -0.569. The Morgan fingerprint density at radius 3 is 2.56 bits per heavy atom. The molecule has 1 aromatic rings. The minimum Gasteiger partial charge on any atom is -0.469 e. The molecule has 2 N–H and O–H groups in total. The molecule has 2 fully saturated rings. The van der Waals surface area contributed by atoms with Crippen molar-refractivity contribution in [2.45, 2.75) is 12.5 Å². The van der Waals surface area contributed by atoms with Crippen LogP contribution in [0.4, 0.5) is 5.69 Å². The van der Waals surface area contributed by atoms with E-state index in [0.29, 0.717) is 26.2 Å². The molecule has 0 spiro atoms. The molecular formula is C19H27N4O4+. The number of amides is 2. The Morgan fingerprint density at radius 1 is 1.19 bits per heavy atom. The predicted molar refractivity (Wildman–Crippen MR) is 99.4 cm³/mol. The summed E-state index contributed by atoms with van der Waals surface area (Å²) in [4.78, 5) is 41.5. The number of hydrogen-bond donors (Lipinski definition) is 2. The van der Waals surface area contributed by atoms with Crippen LogP contribution in [0.5, 0.6) is 0 Å². The second kappa shape index (κ2) is 8.85. The van der Waals surface area contributed by atoms with Gasteiger partial charge in [0.1, 0.15) is 6.42 Å². The third kappa shape index (κ3) is 4.77. The first-order chi connectivity index (χ1) is 13.1. The molecule has 1 aromatic carbocycles. The summed E-state index contributed by atoms with van der Waals surface area (Å²) >= 11 is 0. The van der Waals surface area contributed by atoms with Gasteiger partial charge >= 0.3 is 5.97 Å². The lowest BCUT2D eigenvalue weighted by Gasteiger charge is -2.37. The van der Waals surface area contributed by atoms with E-state index < -0.39 is 12.0 Å². The van der Waals surface area contributed by atoms with E-state index in [-0.39, 0.29) is 24.8 Å². The van der Waals surface area contributed by atoms with E-state index in [1.807, 2.05) is 23.1 Å². The minimum absolute atomic E-state index is 0.00721. The second-order valence-electron chi connectivity index (χ2n) is 6.91. The zero-order chi connectivity index (χ0) is 19.2. The van der Waals surface area contributed by atoms with Crippen molar-refractivity contribution in [3.63, 3.8) is 0 Å². The summed E-state index contributed by atoms with van der Waals surface area (Å²) in [5.41, 5.74) is 1.17. The lowest BCUT2D eigenvalue weighted by molar-refractivity contribution is -0.909. The number of nitrogens with zero attached hydrogens (tertiary/aromatic N) is 2. The number of methoxy groups -OCH3 is 1. The van der Waals surface area contributed by atoms with Gasteiger partial charge < -0.3 is 24.8 Å². The average Bonchev–Trinajstić information content (AvgIpc) is 2.71. The number of hydrogen-bond acceptors (Lipinski definition) is 5. The van der Waals surface area contributed by atoms with Gasteiger partial charge in [-0.15, -0.1) is 0 Å². The van der Waals surface area contributed by atoms with E-state index in [2.05, 4.69) is 22.3 Å². The predicted octanol–water partition coefficient (Wildman–Crippen LogP) is -1.72. The smallest absolute Gasteiger partial charge is 0.312 e. The topological polar surface area (TPSA) is 83.4 Å². The number of benzene rings is 1. The summed E-state index contributed by atoms with van der Waals surface area (Å²) in [5.74, 6) is -0.593. The molecule has 2 saturated heterocycles. The molecule has 0 radical (unpaired) electrons. The highest BCUT2D eigenvalue weighted by Crippen LogP contribution is 2.15. The number of carbonyl (C=O) groups excluding carboxylic acids is 3. The van der Waals surface area contributed by atoms with Gasteiger partial charge in [-0.05, 0) is 12.1 Å². The van der Waals surface area contributed by atoms with Gasteiger partial charge in [0.05, 0.1) is 20.2 Å². The van der Waals surface area contributed by atoms with Gasteiger partial charge in [0.2, 0.25) is 0 Å². The molecule has 146 valence electrons. The van der Waals surface area contributed by atoms with Gasteiger partial charge in [-0.2, -0.15) is 0 Å². The molecule has 3 rings (SSSR count). The van der Waals surface area contributed by atoms with Crippen molar-refractivity contribution in [2.75, 3.05) is 57.8 Å². The maximum absolute atomic E-state index is 12.8. The number of ether oxygens (including phenoxy) is 1. The van der Waals surface area contributed by atoms with Crippen LogP contribution in [-0.4, -0.2) is 81.6 Å². The molecule has 2 aliphatic rings. The summed E-state index contributed by atoms with van der Waals surface area (Å²) in [6, 6.07) is 9.60. The van der Waals surface area contributed by atoms with Crippen molar-refractivity contribution in [1.82, 2.24) is 10.2 Å². The second-order valence-corrected chi connectivity index (χ2v) is 6.91. The lowest BCUT2D eigenvalue weighted by Crippen LogP contribution is -3.20. The van der Waals surface area contributed by atoms with Gasteiger partial charge in [0.15, 0.2) is 12.6 Å². The summed E-state index contributed by atoms with van der Waals surface area (Å²) in [5, 5.41) is 2.77. The molecule has 0 aromatic heterocycles. The van der Waals surface area contributed by atoms with E-state index in [9.17, 15) is 14.4 Å². The van der Waals surface area contributed by atoms with Crippen LogP contribution >= 0.6 is 0 Å². The molecule has 0 aliphatic carbocycles. The Hall–Kier alpha value is -2.61. The Bertz CT molecular complexity index is 674. The van der Waals surface area contributed by atoms with E-state index in [1.165, 1.54) is 12.8 Å². The van der Waals surface area contributed by atoms with Gasteiger partial charge in [0.25, 0.3) is 11.8 Å². The Kier molecular flexibility index (Phi) is 6.28. The van der Waals surface area contributed by atoms with Crippen LogP contribution in [-0.2, 0) is 19.1 Å². The zero-order valence-corrected chi connectivity index (χ0v) is 15.6. The highest BCUT2D eigenvalue weighted by atomic mass is 16.5. The van der Waals surface area contributed by atoms with Gasteiger partial charge in [-0.25, -0.2) is 0 Å². The maximum atomic E-state index is 12.8. The van der Waals surface area contributed by atoms with Crippen LogP contribution in [0.3, 0.4) is 0 Å². The summed E-state index contributed by atoms with van der Waals surface area (Å²) < 4.78 is 4.69. The standard InChI is InChI=1S/C19H26N4O4/c1-27-18(25)13-16-19(26)20-7-8-23(16)14-17(24)22-11-9-21(10-12-22)15-5-3-2-4-6-15/h2-6,16H,7-14H2,1H3,(H,20,26)/p+1/t16-/m0/s1. The number of rotatable bonds is 5. The lowest BCUT2D eigenvalue weighted by atomic mass is 10.1. The van der Waals surface area contributed by atoms with Crippen LogP contribution in [0.2, 0.25) is 0 Å². The van der Waals surface area contributed by atoms with E-state index in [4.69, 9.17) is 4.74 Å². The summed E-state index contributed by atoms with van der Waals surface area (Å²) in [6.45, 7) is 4.27. The zero-order valence-electron chi connectivity index (χ0n) is 15.6. The molecule has 2 atom stereocenters. The highest BCUT2D eigenvalue weighted by Gasteiger charge is 2.37. The van der Waals surface area contributed by atoms with Crippen molar-refractivity contribution in [1.29, 1.82) is 0 Å². The first kappa shape index (κ1) is 19.2. The average molecular weight is 375 g/mol. The van der Waals surface area contributed by atoms with Crippen molar-refractivity contribution in [3.8, 4) is 0 Å². The van der Waals surface area contributed by atoms with Gasteiger partial charge in [-0.1, -0.05) is 18.2 Å². The molecule has 8 heteroatoms. The summed E-state index contributed by atoms with van der Waals surface area (Å²) in [6.07, 6.45) is -0.00721. The monoisotopic (exact) mass is 375 g/mol. The molecular weight excluding hydrogens is 348 g/mol. The molecule has 2 heterocycles. The fraction of sp³-hybridized carbons (Fsp3) is 0.526.